The SMILES string of the molecule is NC1CCC(CNCC2CCN(c3ccc(C4CCC(=O)NC4=O)cc3)CC2)CC1. The molecule has 0 radical (unpaired) electrons. The molecule has 2 saturated heterocycles. The molecular formula is C24H36N4O2. The zero-order valence-corrected chi connectivity index (χ0v) is 17.9. The Morgan fingerprint density at radius 2 is 1.53 bits per heavy atom. The molecule has 1 aliphatic carbocycles. The largest absolute Gasteiger partial charge is 0.372 e. The number of hydrogen-bond donors (Lipinski definition) is 3. The summed E-state index contributed by atoms with van der Waals surface area (Å²) in [5.41, 5.74) is 8.24. The number of imide groups is 1. The van der Waals surface area contributed by atoms with Gasteiger partial charge in [0.05, 0.1) is 5.92 Å². The van der Waals surface area contributed by atoms with Gasteiger partial charge in [0.2, 0.25) is 11.8 Å². The molecule has 2 heterocycles. The van der Waals surface area contributed by atoms with Crippen molar-refractivity contribution in [2.24, 2.45) is 17.6 Å². The van der Waals surface area contributed by atoms with Crippen LogP contribution in [0.15, 0.2) is 24.3 Å². The molecule has 2 amide bonds. The number of nitrogens with two attached hydrogens (primary N) is 1. The number of nitrogens with zero attached hydrogens (tertiary/aromatic N) is 1. The Hall–Kier alpha value is -1.92. The van der Waals surface area contributed by atoms with E-state index in [0.717, 1.165) is 43.6 Å². The standard InChI is InChI=1S/C24H36N4O2/c25-20-5-1-17(2-6-20)15-26-16-18-11-13-28(14-12-18)21-7-3-19(4-8-21)22-9-10-23(29)27-24(22)30/h3-4,7-8,17-18,20,22,26H,1-2,5-6,9-16,25H2,(H,27,29,30). The van der Waals surface area contributed by atoms with Crippen LogP contribution < -0.4 is 21.3 Å². The normalized spacial score (nSPS) is 28.4. The van der Waals surface area contributed by atoms with Crippen LogP contribution in [-0.4, -0.2) is 44.0 Å². The van der Waals surface area contributed by atoms with Gasteiger partial charge in [-0.2, -0.15) is 0 Å². The highest BCUT2D eigenvalue weighted by Gasteiger charge is 2.28. The summed E-state index contributed by atoms with van der Waals surface area (Å²) in [6.07, 6.45) is 8.40. The second-order valence-electron chi connectivity index (χ2n) is 9.46. The van der Waals surface area contributed by atoms with Crippen molar-refractivity contribution in [1.82, 2.24) is 10.6 Å². The maximum absolute atomic E-state index is 12.1. The number of anilines is 1. The lowest BCUT2D eigenvalue weighted by molar-refractivity contribution is -0.134. The summed E-state index contributed by atoms with van der Waals surface area (Å²) in [4.78, 5) is 25.9. The van der Waals surface area contributed by atoms with Gasteiger partial charge in [-0.15, -0.1) is 0 Å². The third kappa shape index (κ3) is 5.41. The van der Waals surface area contributed by atoms with Gasteiger partial charge < -0.3 is 16.0 Å². The van der Waals surface area contributed by atoms with E-state index in [4.69, 9.17) is 5.73 Å². The first-order valence-electron chi connectivity index (χ1n) is 11.7. The summed E-state index contributed by atoms with van der Waals surface area (Å²) >= 11 is 0. The molecule has 1 saturated carbocycles. The monoisotopic (exact) mass is 412 g/mol. The number of piperidine rings is 2. The van der Waals surface area contributed by atoms with E-state index in [1.165, 1.54) is 44.2 Å². The average molecular weight is 413 g/mol. The van der Waals surface area contributed by atoms with E-state index >= 15 is 0 Å². The molecule has 2 aliphatic heterocycles. The van der Waals surface area contributed by atoms with Gasteiger partial charge in [-0.05, 0) is 87.6 Å². The van der Waals surface area contributed by atoms with Crippen molar-refractivity contribution in [3.63, 3.8) is 0 Å². The van der Waals surface area contributed by atoms with Crippen LogP contribution in [0.25, 0.3) is 0 Å². The molecule has 1 aromatic rings. The fraction of sp³-hybridized carbons (Fsp3) is 0.667. The fourth-order valence-electron chi connectivity index (χ4n) is 5.21. The molecule has 6 heteroatoms. The molecule has 4 N–H and O–H groups in total. The molecule has 3 aliphatic rings. The van der Waals surface area contributed by atoms with Gasteiger partial charge in [0.15, 0.2) is 0 Å². The molecule has 1 unspecified atom stereocenters. The first-order chi connectivity index (χ1) is 14.6. The van der Waals surface area contributed by atoms with Gasteiger partial charge in [0, 0.05) is 31.2 Å². The van der Waals surface area contributed by atoms with Crippen LogP contribution in [0.5, 0.6) is 0 Å². The number of nitrogens with one attached hydrogen (secondary N) is 2. The first-order valence-corrected chi connectivity index (χ1v) is 11.7. The lowest BCUT2D eigenvalue weighted by Gasteiger charge is -2.34. The Morgan fingerprint density at radius 3 is 2.17 bits per heavy atom. The van der Waals surface area contributed by atoms with Crippen LogP contribution in [-0.2, 0) is 9.59 Å². The van der Waals surface area contributed by atoms with E-state index in [-0.39, 0.29) is 17.7 Å². The minimum atomic E-state index is -0.200. The molecule has 1 atom stereocenters. The van der Waals surface area contributed by atoms with Crippen molar-refractivity contribution in [3.8, 4) is 0 Å². The maximum Gasteiger partial charge on any atom is 0.234 e. The van der Waals surface area contributed by atoms with Crippen LogP contribution in [0, 0.1) is 11.8 Å². The quantitative estimate of drug-likeness (QED) is 0.625. The van der Waals surface area contributed by atoms with Crippen molar-refractivity contribution in [2.75, 3.05) is 31.1 Å². The van der Waals surface area contributed by atoms with Gasteiger partial charge in [-0.25, -0.2) is 0 Å². The highest BCUT2D eigenvalue weighted by molar-refractivity contribution is 6.00. The van der Waals surface area contributed by atoms with E-state index in [9.17, 15) is 9.59 Å². The van der Waals surface area contributed by atoms with Gasteiger partial charge in [-0.3, -0.25) is 14.9 Å². The minimum absolute atomic E-state index is 0.159. The molecule has 0 bridgehead atoms. The number of hydrogen-bond acceptors (Lipinski definition) is 5. The first kappa shape index (κ1) is 21.3. The summed E-state index contributed by atoms with van der Waals surface area (Å²) < 4.78 is 0. The van der Waals surface area contributed by atoms with E-state index in [1.807, 2.05) is 0 Å². The van der Waals surface area contributed by atoms with Crippen molar-refractivity contribution < 1.29 is 9.59 Å². The summed E-state index contributed by atoms with van der Waals surface area (Å²) in [7, 11) is 0. The Bertz CT molecular complexity index is 719. The molecular weight excluding hydrogens is 376 g/mol. The molecule has 30 heavy (non-hydrogen) atoms. The zero-order valence-electron chi connectivity index (χ0n) is 17.9. The van der Waals surface area contributed by atoms with Gasteiger partial charge in [-0.1, -0.05) is 12.1 Å². The van der Waals surface area contributed by atoms with Crippen LogP contribution >= 0.6 is 0 Å². The minimum Gasteiger partial charge on any atom is -0.372 e. The predicted molar refractivity (Wildman–Crippen MR) is 119 cm³/mol. The zero-order chi connectivity index (χ0) is 20.9. The van der Waals surface area contributed by atoms with Crippen LogP contribution in [0.1, 0.15) is 62.8 Å². The number of benzene rings is 1. The maximum atomic E-state index is 12.1. The van der Waals surface area contributed by atoms with E-state index in [2.05, 4.69) is 39.8 Å². The Balaban J connectivity index is 1.19. The predicted octanol–water partition coefficient (Wildman–Crippen LogP) is 2.53. The van der Waals surface area contributed by atoms with E-state index in [0.29, 0.717) is 18.9 Å². The number of carbonyl (C=O) groups is 2. The fourth-order valence-corrected chi connectivity index (χ4v) is 5.21. The van der Waals surface area contributed by atoms with Gasteiger partial charge in [0.25, 0.3) is 0 Å². The van der Waals surface area contributed by atoms with Crippen molar-refractivity contribution >= 4 is 17.5 Å². The molecule has 164 valence electrons. The molecule has 0 aromatic heterocycles. The average Bonchev–Trinajstić information content (AvgIpc) is 2.76. The van der Waals surface area contributed by atoms with Crippen LogP contribution in [0.2, 0.25) is 0 Å². The van der Waals surface area contributed by atoms with E-state index in [1.54, 1.807) is 0 Å². The molecule has 6 nitrogen and oxygen atoms in total. The highest BCUT2D eigenvalue weighted by atomic mass is 16.2. The highest BCUT2D eigenvalue weighted by Crippen LogP contribution is 2.29. The summed E-state index contributed by atoms with van der Waals surface area (Å²) in [6, 6.07) is 8.80. The van der Waals surface area contributed by atoms with Crippen LogP contribution in [0.3, 0.4) is 0 Å². The van der Waals surface area contributed by atoms with Crippen molar-refractivity contribution in [2.45, 2.75) is 63.3 Å². The third-order valence-corrected chi connectivity index (χ3v) is 7.27. The van der Waals surface area contributed by atoms with Crippen molar-refractivity contribution in [3.05, 3.63) is 29.8 Å². The molecule has 0 spiro atoms. The molecule has 1 aromatic carbocycles. The topological polar surface area (TPSA) is 87.5 Å². The Labute approximate surface area is 180 Å². The lowest BCUT2D eigenvalue weighted by Crippen LogP contribution is -2.39. The Kier molecular flexibility index (Phi) is 7.05. The summed E-state index contributed by atoms with van der Waals surface area (Å²) in [5, 5.41) is 6.17. The third-order valence-electron chi connectivity index (χ3n) is 7.27. The van der Waals surface area contributed by atoms with Crippen LogP contribution in [0.4, 0.5) is 5.69 Å². The summed E-state index contributed by atoms with van der Waals surface area (Å²) in [5.74, 6) is 1.05. The second-order valence-corrected chi connectivity index (χ2v) is 9.46. The summed E-state index contributed by atoms with van der Waals surface area (Å²) in [6.45, 7) is 4.45. The molecule has 4 rings (SSSR count). The van der Waals surface area contributed by atoms with Gasteiger partial charge in [0.1, 0.15) is 0 Å². The second kappa shape index (κ2) is 9.92. The number of carbonyl (C=O) groups excluding carboxylic acids is 2. The van der Waals surface area contributed by atoms with Crippen molar-refractivity contribution in [1.29, 1.82) is 0 Å². The number of amides is 2. The van der Waals surface area contributed by atoms with Gasteiger partial charge >= 0.3 is 0 Å². The lowest BCUT2D eigenvalue weighted by atomic mass is 9.86. The smallest absolute Gasteiger partial charge is 0.234 e. The van der Waals surface area contributed by atoms with E-state index < -0.39 is 0 Å². The molecule has 3 fully saturated rings. The number of rotatable bonds is 6. The Morgan fingerprint density at radius 1 is 0.900 bits per heavy atom.